The molecule has 0 aromatic heterocycles. The summed E-state index contributed by atoms with van der Waals surface area (Å²) in [5.74, 6) is 0.740. The van der Waals surface area contributed by atoms with Crippen LogP contribution in [0.2, 0.25) is 5.02 Å². The van der Waals surface area contributed by atoms with Gasteiger partial charge in [-0.15, -0.1) is 0 Å². The molecule has 1 N–H and O–H groups in total. The van der Waals surface area contributed by atoms with E-state index in [1.54, 1.807) is 0 Å². The van der Waals surface area contributed by atoms with Crippen molar-refractivity contribution in [3.63, 3.8) is 0 Å². The second-order valence-corrected chi connectivity index (χ2v) is 5.80. The van der Waals surface area contributed by atoms with Crippen molar-refractivity contribution in [1.29, 1.82) is 0 Å². The maximum atomic E-state index is 6.31. The van der Waals surface area contributed by atoms with Crippen LogP contribution >= 0.6 is 27.5 Å². The summed E-state index contributed by atoms with van der Waals surface area (Å²) in [6.45, 7) is 0. The first-order chi connectivity index (χ1) is 7.72. The van der Waals surface area contributed by atoms with Crippen LogP contribution in [-0.4, -0.2) is 7.05 Å². The van der Waals surface area contributed by atoms with Crippen LogP contribution in [0, 0.1) is 5.92 Å². The summed E-state index contributed by atoms with van der Waals surface area (Å²) in [7, 11) is 2.03. The molecule has 1 fully saturated rings. The molecule has 16 heavy (non-hydrogen) atoms. The van der Waals surface area contributed by atoms with Crippen LogP contribution in [0.5, 0.6) is 0 Å². The van der Waals surface area contributed by atoms with Crippen LogP contribution in [0.3, 0.4) is 0 Å². The average molecular weight is 303 g/mol. The standard InChI is InChI=1S/C13H17BrClN/c1-16-13(9-4-2-3-5-9)11-7-6-10(14)8-12(11)15/h6-9,13,16H,2-5H2,1H3. The van der Waals surface area contributed by atoms with Gasteiger partial charge in [0.25, 0.3) is 0 Å². The van der Waals surface area contributed by atoms with E-state index in [2.05, 4.69) is 33.4 Å². The van der Waals surface area contributed by atoms with Gasteiger partial charge in [-0.25, -0.2) is 0 Å². The maximum Gasteiger partial charge on any atom is 0.0465 e. The number of hydrogen-bond acceptors (Lipinski definition) is 1. The van der Waals surface area contributed by atoms with Crippen LogP contribution in [0.15, 0.2) is 22.7 Å². The monoisotopic (exact) mass is 301 g/mol. The molecule has 1 atom stereocenters. The number of benzene rings is 1. The van der Waals surface area contributed by atoms with Crippen LogP contribution in [-0.2, 0) is 0 Å². The zero-order chi connectivity index (χ0) is 11.5. The van der Waals surface area contributed by atoms with E-state index < -0.39 is 0 Å². The Balaban J connectivity index is 2.25. The Hall–Kier alpha value is -0.0500. The minimum absolute atomic E-state index is 0.406. The SMILES string of the molecule is CNC(c1ccc(Br)cc1Cl)C1CCCC1. The molecule has 1 aliphatic carbocycles. The Morgan fingerprint density at radius 1 is 1.38 bits per heavy atom. The minimum Gasteiger partial charge on any atom is -0.313 e. The number of hydrogen-bond donors (Lipinski definition) is 1. The van der Waals surface area contributed by atoms with E-state index in [4.69, 9.17) is 11.6 Å². The summed E-state index contributed by atoms with van der Waals surface area (Å²) in [4.78, 5) is 0. The van der Waals surface area contributed by atoms with Crippen molar-refractivity contribution in [3.05, 3.63) is 33.3 Å². The van der Waals surface area contributed by atoms with Crippen molar-refractivity contribution >= 4 is 27.5 Å². The molecule has 1 saturated carbocycles. The third-order valence-corrected chi connectivity index (χ3v) is 4.30. The van der Waals surface area contributed by atoms with E-state index in [1.165, 1.54) is 31.2 Å². The third-order valence-electron chi connectivity index (χ3n) is 3.48. The number of nitrogens with one attached hydrogen (secondary N) is 1. The number of halogens is 2. The quantitative estimate of drug-likeness (QED) is 0.863. The van der Waals surface area contributed by atoms with Crippen molar-refractivity contribution in [2.24, 2.45) is 5.92 Å². The highest BCUT2D eigenvalue weighted by Crippen LogP contribution is 2.38. The Morgan fingerprint density at radius 2 is 2.06 bits per heavy atom. The summed E-state index contributed by atoms with van der Waals surface area (Å²) in [5.41, 5.74) is 1.24. The van der Waals surface area contributed by atoms with Gasteiger partial charge in [0.15, 0.2) is 0 Å². The molecule has 0 heterocycles. The molecule has 0 saturated heterocycles. The van der Waals surface area contributed by atoms with E-state index in [9.17, 15) is 0 Å². The lowest BCUT2D eigenvalue weighted by Gasteiger charge is -2.24. The summed E-state index contributed by atoms with van der Waals surface area (Å²) < 4.78 is 1.04. The predicted molar refractivity (Wildman–Crippen MR) is 72.9 cm³/mol. The van der Waals surface area contributed by atoms with Crippen molar-refractivity contribution in [2.75, 3.05) is 7.05 Å². The van der Waals surface area contributed by atoms with Gasteiger partial charge in [-0.05, 0) is 43.5 Å². The second kappa shape index (κ2) is 5.52. The Morgan fingerprint density at radius 3 is 2.62 bits per heavy atom. The van der Waals surface area contributed by atoms with Crippen molar-refractivity contribution < 1.29 is 0 Å². The lowest BCUT2D eigenvalue weighted by atomic mass is 9.92. The molecule has 3 heteroatoms. The molecular weight excluding hydrogens is 286 g/mol. The van der Waals surface area contributed by atoms with Crippen molar-refractivity contribution in [2.45, 2.75) is 31.7 Å². The molecule has 1 nitrogen and oxygen atoms in total. The van der Waals surface area contributed by atoms with Crippen LogP contribution in [0.4, 0.5) is 0 Å². The van der Waals surface area contributed by atoms with Crippen molar-refractivity contribution in [1.82, 2.24) is 5.32 Å². The molecular formula is C13H17BrClN. The maximum absolute atomic E-state index is 6.31. The smallest absolute Gasteiger partial charge is 0.0465 e. The largest absolute Gasteiger partial charge is 0.313 e. The Kier molecular flexibility index (Phi) is 4.28. The molecule has 88 valence electrons. The first-order valence-corrected chi connectivity index (χ1v) is 7.01. The predicted octanol–water partition coefficient (Wildman–Crippen LogP) is 4.55. The first-order valence-electron chi connectivity index (χ1n) is 5.84. The highest BCUT2D eigenvalue weighted by Gasteiger charge is 2.26. The van der Waals surface area contributed by atoms with Gasteiger partial charge in [0.05, 0.1) is 0 Å². The second-order valence-electron chi connectivity index (χ2n) is 4.48. The van der Waals surface area contributed by atoms with Gasteiger partial charge in [-0.3, -0.25) is 0 Å². The molecule has 2 rings (SSSR count). The highest BCUT2D eigenvalue weighted by molar-refractivity contribution is 9.10. The van der Waals surface area contributed by atoms with Crippen LogP contribution in [0.1, 0.15) is 37.3 Å². The first kappa shape index (κ1) is 12.4. The summed E-state index contributed by atoms with van der Waals surface area (Å²) in [6.07, 6.45) is 5.35. The Bertz CT molecular complexity index is 361. The van der Waals surface area contributed by atoms with E-state index in [0.717, 1.165) is 15.4 Å². The molecule has 0 bridgehead atoms. The van der Waals surface area contributed by atoms with Crippen molar-refractivity contribution in [3.8, 4) is 0 Å². The average Bonchev–Trinajstić information content (AvgIpc) is 2.75. The van der Waals surface area contributed by atoms with Gasteiger partial charge in [-0.1, -0.05) is 46.4 Å². The molecule has 1 aromatic carbocycles. The summed E-state index contributed by atoms with van der Waals surface area (Å²) in [6, 6.07) is 6.59. The molecule has 1 aliphatic rings. The molecule has 0 aliphatic heterocycles. The third kappa shape index (κ3) is 2.61. The molecule has 0 radical (unpaired) electrons. The van der Waals surface area contributed by atoms with Crippen LogP contribution in [0.25, 0.3) is 0 Å². The fraction of sp³-hybridized carbons (Fsp3) is 0.538. The minimum atomic E-state index is 0.406. The van der Waals surface area contributed by atoms with Gasteiger partial charge in [0, 0.05) is 15.5 Å². The highest BCUT2D eigenvalue weighted by atomic mass is 79.9. The summed E-state index contributed by atoms with van der Waals surface area (Å²) in [5, 5.41) is 4.28. The zero-order valence-corrected chi connectivity index (χ0v) is 11.8. The van der Waals surface area contributed by atoms with E-state index >= 15 is 0 Å². The Labute approximate surface area is 111 Å². The van der Waals surface area contributed by atoms with E-state index in [1.807, 2.05) is 13.1 Å². The van der Waals surface area contributed by atoms with E-state index in [0.29, 0.717) is 6.04 Å². The fourth-order valence-electron chi connectivity index (χ4n) is 2.69. The lowest BCUT2D eigenvalue weighted by molar-refractivity contribution is 0.390. The lowest BCUT2D eigenvalue weighted by Crippen LogP contribution is -2.23. The fourth-order valence-corrected chi connectivity index (χ4v) is 3.48. The molecule has 0 spiro atoms. The number of rotatable bonds is 3. The summed E-state index contributed by atoms with van der Waals surface area (Å²) >= 11 is 9.76. The van der Waals surface area contributed by atoms with Gasteiger partial charge >= 0.3 is 0 Å². The van der Waals surface area contributed by atoms with Gasteiger partial charge in [-0.2, -0.15) is 0 Å². The van der Waals surface area contributed by atoms with Gasteiger partial charge in [0.2, 0.25) is 0 Å². The topological polar surface area (TPSA) is 12.0 Å². The van der Waals surface area contributed by atoms with E-state index in [-0.39, 0.29) is 0 Å². The van der Waals surface area contributed by atoms with Gasteiger partial charge in [0.1, 0.15) is 0 Å². The molecule has 1 aromatic rings. The molecule has 0 amide bonds. The van der Waals surface area contributed by atoms with Crippen LogP contribution < -0.4 is 5.32 Å². The molecule has 1 unspecified atom stereocenters. The van der Waals surface area contributed by atoms with Gasteiger partial charge < -0.3 is 5.32 Å². The zero-order valence-electron chi connectivity index (χ0n) is 9.47. The normalized spacial score (nSPS) is 18.9.